The first-order valence-corrected chi connectivity index (χ1v) is 4.25. The van der Waals surface area contributed by atoms with Gasteiger partial charge in [-0.05, 0) is 24.5 Å². The van der Waals surface area contributed by atoms with Crippen molar-refractivity contribution in [1.29, 1.82) is 0 Å². The maximum atomic E-state index is 9.40. The number of aliphatic hydroxyl groups is 1. The number of phenolic OH excluding ortho intramolecular Hbond substituents is 1. The van der Waals surface area contributed by atoms with E-state index in [9.17, 15) is 5.11 Å². The molecule has 0 amide bonds. The molecule has 0 bridgehead atoms. The number of hydrogen-bond donors (Lipinski definition) is 2. The standard InChI is InChI=1S/C10H14O3/c1-13-10-8(5-3-7-11)4-2-6-9(10)12/h2,4,6,11-12H,3,5,7H2,1H3. The van der Waals surface area contributed by atoms with Crippen LogP contribution in [-0.4, -0.2) is 23.9 Å². The van der Waals surface area contributed by atoms with Gasteiger partial charge in [-0.25, -0.2) is 0 Å². The van der Waals surface area contributed by atoms with Crippen LogP contribution in [0.5, 0.6) is 11.5 Å². The number of aliphatic hydroxyl groups excluding tert-OH is 1. The first-order valence-electron chi connectivity index (χ1n) is 4.25. The Bertz CT molecular complexity index is 271. The minimum absolute atomic E-state index is 0.151. The lowest BCUT2D eigenvalue weighted by Gasteiger charge is -2.08. The number of phenols is 1. The van der Waals surface area contributed by atoms with Gasteiger partial charge in [0.05, 0.1) is 7.11 Å². The lowest BCUT2D eigenvalue weighted by molar-refractivity contribution is 0.287. The number of methoxy groups -OCH3 is 1. The summed E-state index contributed by atoms with van der Waals surface area (Å²) in [5, 5.41) is 18.1. The zero-order valence-electron chi connectivity index (χ0n) is 7.66. The van der Waals surface area contributed by atoms with Crippen molar-refractivity contribution in [2.75, 3.05) is 13.7 Å². The highest BCUT2D eigenvalue weighted by Crippen LogP contribution is 2.30. The summed E-state index contributed by atoms with van der Waals surface area (Å²) in [4.78, 5) is 0. The first kappa shape index (κ1) is 9.86. The molecule has 0 saturated heterocycles. The summed E-state index contributed by atoms with van der Waals surface area (Å²) in [7, 11) is 1.53. The Morgan fingerprint density at radius 3 is 2.77 bits per heavy atom. The van der Waals surface area contributed by atoms with E-state index in [1.54, 1.807) is 12.1 Å². The quantitative estimate of drug-likeness (QED) is 0.738. The van der Waals surface area contributed by atoms with Crippen LogP contribution in [-0.2, 0) is 6.42 Å². The lowest BCUT2D eigenvalue weighted by atomic mass is 10.1. The third kappa shape index (κ3) is 2.36. The number of aryl methyl sites for hydroxylation is 1. The second-order valence-corrected chi connectivity index (χ2v) is 2.80. The molecule has 3 nitrogen and oxygen atoms in total. The molecule has 0 aliphatic heterocycles. The summed E-state index contributed by atoms with van der Waals surface area (Å²) in [6, 6.07) is 5.24. The summed E-state index contributed by atoms with van der Waals surface area (Å²) >= 11 is 0. The molecular weight excluding hydrogens is 168 g/mol. The van der Waals surface area contributed by atoms with Crippen molar-refractivity contribution < 1.29 is 14.9 Å². The van der Waals surface area contributed by atoms with E-state index in [0.717, 1.165) is 5.56 Å². The minimum Gasteiger partial charge on any atom is -0.504 e. The molecule has 0 unspecified atom stereocenters. The van der Waals surface area contributed by atoms with E-state index >= 15 is 0 Å². The Morgan fingerprint density at radius 1 is 1.38 bits per heavy atom. The molecule has 2 N–H and O–H groups in total. The number of para-hydroxylation sites is 1. The number of benzene rings is 1. The zero-order valence-corrected chi connectivity index (χ0v) is 7.66. The van der Waals surface area contributed by atoms with Crippen LogP contribution in [0.1, 0.15) is 12.0 Å². The van der Waals surface area contributed by atoms with Crippen LogP contribution in [0.4, 0.5) is 0 Å². The van der Waals surface area contributed by atoms with E-state index in [-0.39, 0.29) is 12.4 Å². The van der Waals surface area contributed by atoms with Gasteiger partial charge in [0.2, 0.25) is 0 Å². The molecule has 0 radical (unpaired) electrons. The number of aromatic hydroxyl groups is 1. The first-order chi connectivity index (χ1) is 6.29. The zero-order chi connectivity index (χ0) is 9.68. The fraction of sp³-hybridized carbons (Fsp3) is 0.400. The molecule has 0 fully saturated rings. The topological polar surface area (TPSA) is 49.7 Å². The molecule has 0 heterocycles. The van der Waals surface area contributed by atoms with Crippen LogP contribution in [0, 0.1) is 0 Å². The third-order valence-corrected chi connectivity index (χ3v) is 1.88. The van der Waals surface area contributed by atoms with Gasteiger partial charge in [0.15, 0.2) is 11.5 Å². The second-order valence-electron chi connectivity index (χ2n) is 2.80. The molecule has 0 aliphatic rings. The highest BCUT2D eigenvalue weighted by molar-refractivity contribution is 5.45. The van der Waals surface area contributed by atoms with Crippen molar-refractivity contribution in [3.8, 4) is 11.5 Å². The Hall–Kier alpha value is -1.22. The third-order valence-electron chi connectivity index (χ3n) is 1.88. The van der Waals surface area contributed by atoms with E-state index in [4.69, 9.17) is 9.84 Å². The van der Waals surface area contributed by atoms with Gasteiger partial charge in [-0.15, -0.1) is 0 Å². The van der Waals surface area contributed by atoms with Gasteiger partial charge in [0, 0.05) is 6.61 Å². The smallest absolute Gasteiger partial charge is 0.163 e. The number of rotatable bonds is 4. The van der Waals surface area contributed by atoms with Crippen molar-refractivity contribution in [3.63, 3.8) is 0 Å². The molecule has 0 spiro atoms. The SMILES string of the molecule is COc1c(O)cccc1CCCO. The fourth-order valence-corrected chi connectivity index (χ4v) is 1.27. The molecule has 1 aromatic rings. The number of hydrogen-bond acceptors (Lipinski definition) is 3. The predicted octanol–water partition coefficient (Wildman–Crippen LogP) is 1.33. The lowest BCUT2D eigenvalue weighted by Crippen LogP contribution is -1.94. The van der Waals surface area contributed by atoms with Crippen LogP contribution < -0.4 is 4.74 Å². The van der Waals surface area contributed by atoms with Crippen LogP contribution >= 0.6 is 0 Å². The average Bonchev–Trinajstić information content (AvgIpc) is 2.15. The largest absolute Gasteiger partial charge is 0.504 e. The molecule has 13 heavy (non-hydrogen) atoms. The highest BCUT2D eigenvalue weighted by Gasteiger charge is 2.06. The molecule has 0 aliphatic carbocycles. The summed E-state index contributed by atoms with van der Waals surface area (Å²) in [5.41, 5.74) is 0.927. The van der Waals surface area contributed by atoms with Gasteiger partial charge in [-0.2, -0.15) is 0 Å². The number of ether oxygens (including phenoxy) is 1. The maximum Gasteiger partial charge on any atom is 0.163 e. The fourth-order valence-electron chi connectivity index (χ4n) is 1.27. The Kier molecular flexibility index (Phi) is 3.58. The molecule has 72 valence electrons. The van der Waals surface area contributed by atoms with Gasteiger partial charge in [-0.1, -0.05) is 12.1 Å². The van der Waals surface area contributed by atoms with Crippen molar-refractivity contribution in [2.24, 2.45) is 0 Å². The van der Waals surface area contributed by atoms with Gasteiger partial charge in [-0.3, -0.25) is 0 Å². The molecule has 0 saturated carbocycles. The van der Waals surface area contributed by atoms with Crippen molar-refractivity contribution in [3.05, 3.63) is 23.8 Å². The summed E-state index contributed by atoms with van der Waals surface area (Å²) in [6.45, 7) is 0.152. The van der Waals surface area contributed by atoms with Gasteiger partial charge < -0.3 is 14.9 Å². The van der Waals surface area contributed by atoms with E-state index < -0.39 is 0 Å². The monoisotopic (exact) mass is 182 g/mol. The Morgan fingerprint density at radius 2 is 2.15 bits per heavy atom. The average molecular weight is 182 g/mol. The van der Waals surface area contributed by atoms with Gasteiger partial charge in [0.1, 0.15) is 0 Å². The van der Waals surface area contributed by atoms with Crippen LogP contribution in [0.2, 0.25) is 0 Å². The van der Waals surface area contributed by atoms with Crippen LogP contribution in [0.15, 0.2) is 18.2 Å². The summed E-state index contributed by atoms with van der Waals surface area (Å²) < 4.78 is 5.04. The summed E-state index contributed by atoms with van der Waals surface area (Å²) in [5.74, 6) is 0.661. The van der Waals surface area contributed by atoms with Gasteiger partial charge >= 0.3 is 0 Å². The van der Waals surface area contributed by atoms with Crippen LogP contribution in [0.3, 0.4) is 0 Å². The Labute approximate surface area is 77.6 Å². The van der Waals surface area contributed by atoms with E-state index in [1.807, 2.05) is 6.07 Å². The van der Waals surface area contributed by atoms with E-state index in [0.29, 0.717) is 18.6 Å². The van der Waals surface area contributed by atoms with Gasteiger partial charge in [0.25, 0.3) is 0 Å². The molecular formula is C10H14O3. The Balaban J connectivity index is 2.85. The van der Waals surface area contributed by atoms with Crippen LogP contribution in [0.25, 0.3) is 0 Å². The minimum atomic E-state index is 0.151. The summed E-state index contributed by atoms with van der Waals surface area (Å²) in [6.07, 6.45) is 1.40. The molecule has 1 rings (SSSR count). The molecule has 1 aromatic carbocycles. The molecule has 0 aromatic heterocycles. The van der Waals surface area contributed by atoms with E-state index in [1.165, 1.54) is 7.11 Å². The predicted molar refractivity (Wildman–Crippen MR) is 50.1 cm³/mol. The second kappa shape index (κ2) is 4.72. The van der Waals surface area contributed by atoms with E-state index in [2.05, 4.69) is 0 Å². The molecule has 0 atom stereocenters. The normalized spacial score (nSPS) is 10.0. The highest BCUT2D eigenvalue weighted by atomic mass is 16.5. The van der Waals surface area contributed by atoms with Crippen molar-refractivity contribution >= 4 is 0 Å². The van der Waals surface area contributed by atoms with Crippen molar-refractivity contribution in [1.82, 2.24) is 0 Å². The van der Waals surface area contributed by atoms with Crippen molar-refractivity contribution in [2.45, 2.75) is 12.8 Å². The molecule has 3 heteroatoms. The maximum absolute atomic E-state index is 9.40.